The highest BCUT2D eigenvalue weighted by molar-refractivity contribution is 5.94. The maximum atomic E-state index is 11.8. The Labute approximate surface area is 176 Å². The number of benzene rings is 3. The monoisotopic (exact) mass is 400 g/mol. The molecule has 3 aromatic carbocycles. The molecule has 0 fully saturated rings. The van der Waals surface area contributed by atoms with Gasteiger partial charge in [-0.05, 0) is 77.1 Å². The first-order valence-corrected chi connectivity index (χ1v) is 9.53. The average molecular weight is 400 g/mol. The van der Waals surface area contributed by atoms with Gasteiger partial charge >= 0.3 is 11.9 Å². The molecule has 0 bridgehead atoms. The van der Waals surface area contributed by atoms with Crippen molar-refractivity contribution in [1.82, 2.24) is 0 Å². The van der Waals surface area contributed by atoms with E-state index in [0.717, 1.165) is 39.0 Å². The van der Waals surface area contributed by atoms with Crippen LogP contribution < -0.4 is 0 Å². The molecule has 0 aromatic heterocycles. The van der Waals surface area contributed by atoms with Crippen LogP contribution in [0.5, 0.6) is 0 Å². The highest BCUT2D eigenvalue weighted by Crippen LogP contribution is 2.38. The fourth-order valence-corrected chi connectivity index (χ4v) is 3.51. The molecule has 0 atom stereocenters. The number of allylic oxidation sites excluding steroid dienone is 1. The van der Waals surface area contributed by atoms with E-state index >= 15 is 0 Å². The van der Waals surface area contributed by atoms with Crippen molar-refractivity contribution in [2.45, 2.75) is 13.8 Å². The van der Waals surface area contributed by atoms with E-state index in [4.69, 9.17) is 9.47 Å². The van der Waals surface area contributed by atoms with Crippen molar-refractivity contribution >= 4 is 17.5 Å². The molecule has 4 heteroatoms. The zero-order chi connectivity index (χ0) is 21.8. The van der Waals surface area contributed by atoms with E-state index in [1.54, 1.807) is 24.3 Å². The fourth-order valence-electron chi connectivity index (χ4n) is 3.51. The lowest BCUT2D eigenvalue weighted by molar-refractivity contribution is 0.0592. The number of hydrogen-bond donors (Lipinski definition) is 0. The standard InChI is InChI=1S/C26H24O4/c1-16(2)24-22(18-6-10-20(11-7-18)25(27)29-4)14-17(3)15-23(24)19-8-12-21(13-9-19)26(28)30-5/h6-15H,1H2,2-5H3. The minimum atomic E-state index is -0.364. The molecule has 0 spiro atoms. The van der Waals surface area contributed by atoms with Crippen molar-refractivity contribution in [1.29, 1.82) is 0 Å². The molecule has 0 saturated carbocycles. The Kier molecular flexibility index (Phi) is 6.17. The van der Waals surface area contributed by atoms with Crippen molar-refractivity contribution in [2.75, 3.05) is 14.2 Å². The van der Waals surface area contributed by atoms with Gasteiger partial charge in [0.1, 0.15) is 0 Å². The lowest BCUT2D eigenvalue weighted by Crippen LogP contribution is -2.01. The molecular weight excluding hydrogens is 376 g/mol. The SMILES string of the molecule is C=C(C)c1c(-c2ccc(C(=O)OC)cc2)cc(C)cc1-c1ccc(C(=O)OC)cc1. The van der Waals surface area contributed by atoms with Gasteiger partial charge in [-0.3, -0.25) is 0 Å². The van der Waals surface area contributed by atoms with Gasteiger partial charge in [-0.1, -0.05) is 43.0 Å². The van der Waals surface area contributed by atoms with E-state index in [1.165, 1.54) is 14.2 Å². The molecule has 0 heterocycles. The molecule has 0 unspecified atom stereocenters. The van der Waals surface area contributed by atoms with Gasteiger partial charge in [0.05, 0.1) is 25.3 Å². The van der Waals surface area contributed by atoms with Gasteiger partial charge in [0.15, 0.2) is 0 Å². The molecule has 0 aliphatic rings. The summed E-state index contributed by atoms with van der Waals surface area (Å²) in [5, 5.41) is 0. The zero-order valence-corrected chi connectivity index (χ0v) is 17.6. The number of rotatable bonds is 5. The highest BCUT2D eigenvalue weighted by Gasteiger charge is 2.15. The summed E-state index contributed by atoms with van der Waals surface area (Å²) >= 11 is 0. The van der Waals surface area contributed by atoms with Gasteiger partial charge in [-0.15, -0.1) is 0 Å². The van der Waals surface area contributed by atoms with Gasteiger partial charge in [0.2, 0.25) is 0 Å². The van der Waals surface area contributed by atoms with E-state index in [-0.39, 0.29) is 11.9 Å². The smallest absolute Gasteiger partial charge is 0.337 e. The zero-order valence-electron chi connectivity index (χ0n) is 17.6. The van der Waals surface area contributed by atoms with Crippen molar-refractivity contribution < 1.29 is 19.1 Å². The topological polar surface area (TPSA) is 52.6 Å². The quantitative estimate of drug-likeness (QED) is 0.498. The highest BCUT2D eigenvalue weighted by atomic mass is 16.5. The Morgan fingerprint density at radius 1 is 0.733 bits per heavy atom. The number of carbonyl (C=O) groups is 2. The summed E-state index contributed by atoms with van der Waals surface area (Å²) in [4.78, 5) is 23.5. The molecular formula is C26H24O4. The number of aryl methyl sites for hydroxylation is 1. The second-order valence-corrected chi connectivity index (χ2v) is 7.15. The molecule has 3 aromatic rings. The Morgan fingerprint density at radius 2 is 1.10 bits per heavy atom. The summed E-state index contributed by atoms with van der Waals surface area (Å²) in [5.74, 6) is -0.727. The Morgan fingerprint density at radius 3 is 1.40 bits per heavy atom. The van der Waals surface area contributed by atoms with E-state index < -0.39 is 0 Å². The van der Waals surface area contributed by atoms with E-state index in [0.29, 0.717) is 11.1 Å². The number of carbonyl (C=O) groups excluding carboxylic acids is 2. The first-order valence-electron chi connectivity index (χ1n) is 9.53. The average Bonchev–Trinajstić information content (AvgIpc) is 2.77. The molecule has 152 valence electrons. The summed E-state index contributed by atoms with van der Waals surface area (Å²) in [6.07, 6.45) is 0. The van der Waals surface area contributed by atoms with Crippen LogP contribution in [0, 0.1) is 6.92 Å². The summed E-state index contributed by atoms with van der Waals surface area (Å²) < 4.78 is 9.58. The van der Waals surface area contributed by atoms with E-state index in [1.807, 2.05) is 38.1 Å². The Hall–Kier alpha value is -3.66. The van der Waals surface area contributed by atoms with Crippen LogP contribution in [0.15, 0.2) is 67.2 Å². The van der Waals surface area contributed by atoms with Gasteiger partial charge in [0.25, 0.3) is 0 Å². The summed E-state index contributed by atoms with van der Waals surface area (Å²) in [6, 6.07) is 18.9. The van der Waals surface area contributed by atoms with Crippen LogP contribution >= 0.6 is 0 Å². The molecule has 4 nitrogen and oxygen atoms in total. The van der Waals surface area contributed by atoms with Gasteiger partial charge in [-0.2, -0.15) is 0 Å². The predicted octanol–water partition coefficient (Wildman–Crippen LogP) is 5.94. The van der Waals surface area contributed by atoms with Crippen LogP contribution in [0.2, 0.25) is 0 Å². The van der Waals surface area contributed by atoms with Gasteiger partial charge in [0, 0.05) is 0 Å². The largest absolute Gasteiger partial charge is 0.465 e. The summed E-state index contributed by atoms with van der Waals surface area (Å²) in [5.41, 5.74) is 8.09. The normalized spacial score (nSPS) is 10.4. The van der Waals surface area contributed by atoms with Crippen molar-refractivity contribution in [2.24, 2.45) is 0 Å². The van der Waals surface area contributed by atoms with Crippen LogP contribution in [0.4, 0.5) is 0 Å². The van der Waals surface area contributed by atoms with Gasteiger partial charge < -0.3 is 9.47 Å². The van der Waals surface area contributed by atoms with Crippen LogP contribution in [0.3, 0.4) is 0 Å². The minimum absolute atomic E-state index is 0.364. The van der Waals surface area contributed by atoms with E-state index in [9.17, 15) is 9.59 Å². The Balaban J connectivity index is 2.14. The third-order valence-electron chi connectivity index (χ3n) is 4.94. The number of methoxy groups -OCH3 is 2. The second kappa shape index (κ2) is 8.78. The maximum absolute atomic E-state index is 11.8. The maximum Gasteiger partial charge on any atom is 0.337 e. The Bertz CT molecular complexity index is 1030. The molecule has 0 aliphatic carbocycles. The predicted molar refractivity (Wildman–Crippen MR) is 119 cm³/mol. The van der Waals surface area contributed by atoms with Crippen LogP contribution in [0.25, 0.3) is 27.8 Å². The summed E-state index contributed by atoms with van der Waals surface area (Å²) in [7, 11) is 2.74. The second-order valence-electron chi connectivity index (χ2n) is 7.15. The lowest BCUT2D eigenvalue weighted by atomic mass is 9.86. The third-order valence-corrected chi connectivity index (χ3v) is 4.94. The minimum Gasteiger partial charge on any atom is -0.465 e. The summed E-state index contributed by atoms with van der Waals surface area (Å²) in [6.45, 7) is 8.22. The van der Waals surface area contributed by atoms with E-state index in [2.05, 4.69) is 18.7 Å². The lowest BCUT2D eigenvalue weighted by Gasteiger charge is -2.18. The first-order chi connectivity index (χ1) is 14.3. The molecule has 0 aliphatic heterocycles. The molecule has 0 N–H and O–H groups in total. The van der Waals surface area contributed by atoms with Crippen molar-refractivity contribution in [3.63, 3.8) is 0 Å². The number of ether oxygens (including phenoxy) is 2. The molecule has 0 saturated heterocycles. The third kappa shape index (κ3) is 4.18. The van der Waals surface area contributed by atoms with Crippen LogP contribution in [-0.2, 0) is 9.47 Å². The molecule has 3 rings (SSSR count). The van der Waals surface area contributed by atoms with Crippen molar-refractivity contribution in [3.8, 4) is 22.3 Å². The number of hydrogen-bond acceptors (Lipinski definition) is 4. The van der Waals surface area contributed by atoms with Crippen LogP contribution in [-0.4, -0.2) is 26.2 Å². The first kappa shape index (κ1) is 21.1. The number of esters is 2. The van der Waals surface area contributed by atoms with Crippen LogP contribution in [0.1, 0.15) is 38.8 Å². The molecule has 0 amide bonds. The fraction of sp³-hybridized carbons (Fsp3) is 0.154. The van der Waals surface area contributed by atoms with Crippen molar-refractivity contribution in [3.05, 3.63) is 89.5 Å². The van der Waals surface area contributed by atoms with Gasteiger partial charge in [-0.25, -0.2) is 9.59 Å². The molecule has 0 radical (unpaired) electrons. The molecule has 30 heavy (non-hydrogen) atoms.